The Morgan fingerprint density at radius 1 is 0.964 bits per heavy atom. The second kappa shape index (κ2) is 8.69. The molecule has 0 atom stereocenters. The minimum atomic E-state index is -0.186. The van der Waals surface area contributed by atoms with Gasteiger partial charge in [0.1, 0.15) is 5.82 Å². The summed E-state index contributed by atoms with van der Waals surface area (Å²) in [6.45, 7) is 2.30. The van der Waals surface area contributed by atoms with Crippen molar-refractivity contribution in [3.63, 3.8) is 0 Å². The van der Waals surface area contributed by atoms with Crippen LogP contribution in [0.25, 0.3) is 11.3 Å². The van der Waals surface area contributed by atoms with E-state index in [-0.39, 0.29) is 12.5 Å². The Bertz CT molecular complexity index is 898. The van der Waals surface area contributed by atoms with Crippen molar-refractivity contribution in [3.05, 3.63) is 66.3 Å². The van der Waals surface area contributed by atoms with Gasteiger partial charge in [-0.05, 0) is 25.0 Å². The number of carbonyl (C=O) groups is 1. The van der Waals surface area contributed by atoms with Gasteiger partial charge in [0.2, 0.25) is 5.89 Å². The van der Waals surface area contributed by atoms with Crippen molar-refractivity contribution in [1.82, 2.24) is 15.3 Å². The number of amides is 1. The van der Waals surface area contributed by atoms with Crippen molar-refractivity contribution in [2.45, 2.75) is 32.2 Å². The zero-order chi connectivity index (χ0) is 19.2. The molecule has 1 N–H and O–H groups in total. The molecule has 0 unspecified atom stereocenters. The summed E-state index contributed by atoms with van der Waals surface area (Å²) in [5.74, 6) is 1.92. The SMILES string of the molecule is O=C(NCc1ncc(-c2ccccc2)o1)c1ccc(N2CCCCCC2)nc1. The van der Waals surface area contributed by atoms with E-state index in [1.54, 1.807) is 12.4 Å². The molecule has 1 fully saturated rings. The van der Waals surface area contributed by atoms with E-state index >= 15 is 0 Å². The Balaban J connectivity index is 1.34. The molecule has 0 saturated carbocycles. The summed E-state index contributed by atoms with van der Waals surface area (Å²) >= 11 is 0. The molecule has 1 aromatic carbocycles. The molecule has 0 spiro atoms. The lowest BCUT2D eigenvalue weighted by Gasteiger charge is -2.21. The summed E-state index contributed by atoms with van der Waals surface area (Å²) in [6.07, 6.45) is 8.28. The highest BCUT2D eigenvalue weighted by molar-refractivity contribution is 5.93. The molecule has 6 nitrogen and oxygen atoms in total. The molecule has 28 heavy (non-hydrogen) atoms. The van der Waals surface area contributed by atoms with E-state index in [2.05, 4.69) is 20.2 Å². The van der Waals surface area contributed by atoms with Gasteiger partial charge in [0.15, 0.2) is 5.76 Å². The van der Waals surface area contributed by atoms with E-state index < -0.39 is 0 Å². The monoisotopic (exact) mass is 376 g/mol. The number of rotatable bonds is 5. The second-order valence-corrected chi connectivity index (χ2v) is 6.97. The third kappa shape index (κ3) is 4.39. The van der Waals surface area contributed by atoms with Crippen molar-refractivity contribution in [1.29, 1.82) is 0 Å². The van der Waals surface area contributed by atoms with Crippen LogP contribution >= 0.6 is 0 Å². The fourth-order valence-electron chi connectivity index (χ4n) is 3.39. The molecule has 0 radical (unpaired) electrons. The first-order valence-corrected chi connectivity index (χ1v) is 9.79. The third-order valence-electron chi connectivity index (χ3n) is 4.95. The van der Waals surface area contributed by atoms with Crippen LogP contribution < -0.4 is 10.2 Å². The van der Waals surface area contributed by atoms with Crippen molar-refractivity contribution in [2.24, 2.45) is 0 Å². The highest BCUT2D eigenvalue weighted by Gasteiger charge is 2.13. The zero-order valence-electron chi connectivity index (χ0n) is 15.8. The number of aromatic nitrogens is 2. The van der Waals surface area contributed by atoms with E-state index in [1.807, 2.05) is 42.5 Å². The van der Waals surface area contributed by atoms with Gasteiger partial charge < -0.3 is 14.6 Å². The fraction of sp³-hybridized carbons (Fsp3) is 0.318. The largest absolute Gasteiger partial charge is 0.439 e. The molecule has 1 amide bonds. The number of anilines is 1. The molecule has 2 aromatic heterocycles. The van der Waals surface area contributed by atoms with Crippen molar-refractivity contribution in [2.75, 3.05) is 18.0 Å². The highest BCUT2D eigenvalue weighted by atomic mass is 16.4. The smallest absolute Gasteiger partial charge is 0.253 e. The Hall–Kier alpha value is -3.15. The average Bonchev–Trinajstić information content (AvgIpc) is 3.06. The van der Waals surface area contributed by atoms with Crippen molar-refractivity contribution >= 4 is 11.7 Å². The van der Waals surface area contributed by atoms with Crippen LogP contribution in [0.4, 0.5) is 5.82 Å². The maximum atomic E-state index is 12.4. The number of hydrogen-bond donors (Lipinski definition) is 1. The Labute approximate surface area is 164 Å². The van der Waals surface area contributed by atoms with Gasteiger partial charge in [0.05, 0.1) is 18.3 Å². The summed E-state index contributed by atoms with van der Waals surface area (Å²) in [4.78, 5) is 23.4. The van der Waals surface area contributed by atoms with Gasteiger partial charge in [0.25, 0.3) is 5.91 Å². The van der Waals surface area contributed by atoms with E-state index in [4.69, 9.17) is 4.42 Å². The standard InChI is InChI=1S/C22H24N4O2/c27-22(18-10-11-20(23-14-18)26-12-6-1-2-7-13-26)25-16-21-24-15-19(28-21)17-8-4-3-5-9-17/h3-5,8-11,14-15H,1-2,6-7,12-13,16H2,(H,25,27). The quantitative estimate of drug-likeness (QED) is 0.727. The van der Waals surface area contributed by atoms with Gasteiger partial charge in [-0.15, -0.1) is 0 Å². The number of carbonyl (C=O) groups excluding carboxylic acids is 1. The van der Waals surface area contributed by atoms with Crippen LogP contribution in [-0.4, -0.2) is 29.0 Å². The van der Waals surface area contributed by atoms with Gasteiger partial charge >= 0.3 is 0 Å². The Kier molecular flexibility index (Phi) is 5.66. The fourth-order valence-corrected chi connectivity index (χ4v) is 3.39. The van der Waals surface area contributed by atoms with Crippen molar-refractivity contribution < 1.29 is 9.21 Å². The number of nitrogens with zero attached hydrogens (tertiary/aromatic N) is 3. The van der Waals surface area contributed by atoms with Gasteiger partial charge in [-0.2, -0.15) is 0 Å². The van der Waals surface area contributed by atoms with Gasteiger partial charge in [-0.25, -0.2) is 9.97 Å². The summed E-state index contributed by atoms with van der Waals surface area (Å²) < 4.78 is 5.72. The lowest BCUT2D eigenvalue weighted by molar-refractivity contribution is 0.0947. The van der Waals surface area contributed by atoms with Crippen LogP contribution in [0, 0.1) is 0 Å². The number of nitrogens with one attached hydrogen (secondary N) is 1. The topological polar surface area (TPSA) is 71.3 Å². The average molecular weight is 376 g/mol. The van der Waals surface area contributed by atoms with E-state index in [0.717, 1.165) is 24.5 Å². The molecule has 144 valence electrons. The van der Waals surface area contributed by atoms with Crippen LogP contribution in [0.5, 0.6) is 0 Å². The van der Waals surface area contributed by atoms with Crippen LogP contribution in [0.1, 0.15) is 41.9 Å². The molecule has 3 aromatic rings. The van der Waals surface area contributed by atoms with E-state index in [0.29, 0.717) is 17.2 Å². The molecule has 3 heterocycles. The van der Waals surface area contributed by atoms with Crippen LogP contribution in [0.3, 0.4) is 0 Å². The molecule has 0 aliphatic carbocycles. The number of oxazole rings is 1. The lowest BCUT2D eigenvalue weighted by atomic mass is 10.2. The minimum absolute atomic E-state index is 0.186. The van der Waals surface area contributed by atoms with Crippen LogP contribution in [0.2, 0.25) is 0 Å². The van der Waals surface area contributed by atoms with E-state index in [9.17, 15) is 4.79 Å². The lowest BCUT2D eigenvalue weighted by Crippen LogP contribution is -2.26. The van der Waals surface area contributed by atoms with E-state index in [1.165, 1.54) is 25.7 Å². The molecular formula is C22H24N4O2. The highest BCUT2D eigenvalue weighted by Crippen LogP contribution is 2.20. The second-order valence-electron chi connectivity index (χ2n) is 6.97. The minimum Gasteiger partial charge on any atom is -0.439 e. The predicted molar refractivity (Wildman–Crippen MR) is 108 cm³/mol. The molecule has 0 bridgehead atoms. The Morgan fingerprint density at radius 3 is 2.46 bits per heavy atom. The first-order valence-electron chi connectivity index (χ1n) is 9.79. The summed E-state index contributed by atoms with van der Waals surface area (Å²) in [7, 11) is 0. The number of benzene rings is 1. The number of hydrogen-bond acceptors (Lipinski definition) is 5. The normalized spacial score (nSPS) is 14.5. The third-order valence-corrected chi connectivity index (χ3v) is 4.95. The summed E-state index contributed by atoms with van der Waals surface area (Å²) in [6, 6.07) is 13.5. The first-order chi connectivity index (χ1) is 13.8. The predicted octanol–water partition coefficient (Wildman–Crippen LogP) is 4.05. The van der Waals surface area contributed by atoms with Gasteiger partial charge in [-0.1, -0.05) is 43.2 Å². The number of pyridine rings is 1. The molecule has 1 aliphatic rings. The van der Waals surface area contributed by atoms with Crippen LogP contribution in [0.15, 0.2) is 59.3 Å². The summed E-state index contributed by atoms with van der Waals surface area (Å²) in [5.41, 5.74) is 1.49. The Morgan fingerprint density at radius 2 is 1.75 bits per heavy atom. The molecular weight excluding hydrogens is 352 g/mol. The van der Waals surface area contributed by atoms with Crippen molar-refractivity contribution in [3.8, 4) is 11.3 Å². The first kappa shape index (κ1) is 18.2. The molecule has 1 saturated heterocycles. The zero-order valence-corrected chi connectivity index (χ0v) is 15.8. The summed E-state index contributed by atoms with van der Waals surface area (Å²) in [5, 5.41) is 2.84. The molecule has 6 heteroatoms. The maximum absolute atomic E-state index is 12.4. The molecule has 1 aliphatic heterocycles. The maximum Gasteiger partial charge on any atom is 0.253 e. The van der Waals surface area contributed by atoms with Gasteiger partial charge in [0, 0.05) is 24.8 Å². The van der Waals surface area contributed by atoms with Crippen LogP contribution in [-0.2, 0) is 6.54 Å². The molecule has 4 rings (SSSR count). The van der Waals surface area contributed by atoms with Gasteiger partial charge in [-0.3, -0.25) is 4.79 Å².